The summed E-state index contributed by atoms with van der Waals surface area (Å²) < 4.78 is 28.7. The lowest BCUT2D eigenvalue weighted by molar-refractivity contribution is -0.136. The SMILES string of the molecule is Cc1c(CC(=O)O)c2cc(F)ccc2n1S(=O)c1ccc(Nc2ccncn2)cc1. The number of aliphatic carboxylic acids is 1. The Balaban J connectivity index is 1.71. The number of carbonyl (C=O) groups is 1. The number of benzene rings is 2. The van der Waals surface area contributed by atoms with Crippen molar-refractivity contribution in [3.8, 4) is 0 Å². The first-order valence-electron chi connectivity index (χ1n) is 9.00. The number of rotatable bonds is 6. The summed E-state index contributed by atoms with van der Waals surface area (Å²) >= 11 is 0. The third kappa shape index (κ3) is 3.79. The molecule has 30 heavy (non-hydrogen) atoms. The molecule has 4 aromatic rings. The van der Waals surface area contributed by atoms with E-state index < -0.39 is 22.8 Å². The van der Waals surface area contributed by atoms with E-state index in [1.807, 2.05) is 0 Å². The number of halogens is 1. The molecular formula is C21H17FN4O3S. The van der Waals surface area contributed by atoms with Crippen molar-refractivity contribution in [2.75, 3.05) is 5.32 Å². The molecule has 0 radical (unpaired) electrons. The van der Waals surface area contributed by atoms with Crippen LogP contribution in [0.15, 0.2) is 66.0 Å². The van der Waals surface area contributed by atoms with Crippen LogP contribution in [0, 0.1) is 12.7 Å². The van der Waals surface area contributed by atoms with E-state index in [0.29, 0.717) is 32.9 Å². The largest absolute Gasteiger partial charge is 0.481 e. The lowest BCUT2D eigenvalue weighted by atomic mass is 10.1. The highest BCUT2D eigenvalue weighted by molar-refractivity contribution is 7.83. The van der Waals surface area contributed by atoms with E-state index in [0.717, 1.165) is 5.69 Å². The quantitative estimate of drug-likeness (QED) is 0.488. The van der Waals surface area contributed by atoms with E-state index in [1.165, 1.54) is 24.5 Å². The van der Waals surface area contributed by atoms with Crippen molar-refractivity contribution in [3.05, 3.63) is 78.1 Å². The average Bonchev–Trinajstić information content (AvgIpc) is 2.99. The fourth-order valence-electron chi connectivity index (χ4n) is 3.29. The topological polar surface area (TPSA) is 97.1 Å². The van der Waals surface area contributed by atoms with Gasteiger partial charge in [0.05, 0.1) is 16.8 Å². The lowest BCUT2D eigenvalue weighted by Gasteiger charge is -2.10. The van der Waals surface area contributed by atoms with E-state index >= 15 is 0 Å². The van der Waals surface area contributed by atoms with Crippen LogP contribution in [-0.4, -0.2) is 29.2 Å². The summed E-state index contributed by atoms with van der Waals surface area (Å²) in [7, 11) is -1.64. The molecule has 0 spiro atoms. The van der Waals surface area contributed by atoms with Gasteiger partial charge in [-0.05, 0) is 61.0 Å². The van der Waals surface area contributed by atoms with Gasteiger partial charge in [-0.1, -0.05) is 0 Å². The molecule has 0 saturated carbocycles. The second-order valence-electron chi connectivity index (χ2n) is 6.58. The first-order valence-corrected chi connectivity index (χ1v) is 10.1. The zero-order valence-corrected chi connectivity index (χ0v) is 16.7. The Kier molecular flexibility index (Phi) is 5.28. The lowest BCUT2D eigenvalue weighted by Crippen LogP contribution is -2.08. The zero-order chi connectivity index (χ0) is 21.3. The standard InChI is InChI=1S/C21H17FN4O3S/c1-13-17(11-21(27)28)18-10-14(22)2-7-19(18)26(13)30(29)16-5-3-15(4-6-16)25-20-8-9-23-12-24-20/h2-10,12H,11H2,1H3,(H,27,28)(H,23,24,25). The number of carboxylic acid groups (broad SMARTS) is 1. The van der Waals surface area contributed by atoms with E-state index in [-0.39, 0.29) is 6.42 Å². The van der Waals surface area contributed by atoms with Crippen molar-refractivity contribution >= 4 is 39.4 Å². The molecule has 152 valence electrons. The number of hydrogen-bond donors (Lipinski definition) is 2. The molecule has 0 aliphatic heterocycles. The Morgan fingerprint density at radius 3 is 2.63 bits per heavy atom. The molecule has 7 nitrogen and oxygen atoms in total. The van der Waals surface area contributed by atoms with Crippen molar-refractivity contribution in [2.24, 2.45) is 0 Å². The summed E-state index contributed by atoms with van der Waals surface area (Å²) in [6.07, 6.45) is 2.78. The number of hydrogen-bond acceptors (Lipinski definition) is 5. The van der Waals surface area contributed by atoms with Crippen molar-refractivity contribution < 1.29 is 18.5 Å². The highest BCUT2D eigenvalue weighted by Crippen LogP contribution is 2.30. The number of carboxylic acids is 1. The molecule has 0 amide bonds. The van der Waals surface area contributed by atoms with Gasteiger partial charge in [-0.2, -0.15) is 0 Å². The number of fused-ring (bicyclic) bond motifs is 1. The van der Waals surface area contributed by atoms with Crippen LogP contribution in [0.1, 0.15) is 11.3 Å². The molecule has 0 aliphatic carbocycles. The first-order chi connectivity index (χ1) is 14.4. The molecular weight excluding hydrogens is 407 g/mol. The summed E-state index contributed by atoms with van der Waals surface area (Å²) in [5.41, 5.74) is 2.26. The van der Waals surface area contributed by atoms with Crippen LogP contribution >= 0.6 is 0 Å². The fourth-order valence-corrected chi connectivity index (χ4v) is 4.56. The van der Waals surface area contributed by atoms with Crippen LogP contribution in [0.4, 0.5) is 15.9 Å². The average molecular weight is 424 g/mol. The maximum atomic E-state index is 13.8. The molecule has 1 unspecified atom stereocenters. The van der Waals surface area contributed by atoms with Gasteiger partial charge in [-0.25, -0.2) is 18.6 Å². The van der Waals surface area contributed by atoms with Crippen LogP contribution in [-0.2, 0) is 22.2 Å². The number of nitrogens with one attached hydrogen (secondary N) is 1. The second kappa shape index (κ2) is 8.03. The Morgan fingerprint density at radius 2 is 1.97 bits per heavy atom. The minimum Gasteiger partial charge on any atom is -0.481 e. The molecule has 2 N–H and O–H groups in total. The maximum Gasteiger partial charge on any atom is 0.307 e. The van der Waals surface area contributed by atoms with Crippen LogP contribution < -0.4 is 5.32 Å². The van der Waals surface area contributed by atoms with Gasteiger partial charge in [0.2, 0.25) is 0 Å². The van der Waals surface area contributed by atoms with Gasteiger partial charge < -0.3 is 10.4 Å². The fraction of sp³-hybridized carbons (Fsp3) is 0.0952. The summed E-state index contributed by atoms with van der Waals surface area (Å²) in [6, 6.07) is 12.8. The van der Waals surface area contributed by atoms with Crippen molar-refractivity contribution in [1.82, 2.24) is 13.9 Å². The summed E-state index contributed by atoms with van der Waals surface area (Å²) in [5.74, 6) is -0.879. The third-order valence-corrected chi connectivity index (χ3v) is 6.13. The van der Waals surface area contributed by atoms with Gasteiger partial charge in [0, 0.05) is 23.0 Å². The van der Waals surface area contributed by atoms with Crippen molar-refractivity contribution in [3.63, 3.8) is 0 Å². The predicted molar refractivity (Wildman–Crippen MR) is 112 cm³/mol. The highest BCUT2D eigenvalue weighted by Gasteiger charge is 2.21. The molecule has 2 aromatic carbocycles. The number of nitrogens with zero attached hydrogens (tertiary/aromatic N) is 3. The minimum absolute atomic E-state index is 0.280. The Labute approximate surface area is 173 Å². The molecule has 2 heterocycles. The first kappa shape index (κ1) is 19.7. The van der Waals surface area contributed by atoms with Crippen LogP contribution in [0.2, 0.25) is 0 Å². The van der Waals surface area contributed by atoms with Crippen LogP contribution in [0.25, 0.3) is 10.9 Å². The Bertz CT molecular complexity index is 1260. The molecule has 0 aliphatic rings. The smallest absolute Gasteiger partial charge is 0.307 e. The van der Waals surface area contributed by atoms with Gasteiger partial charge in [-0.15, -0.1) is 0 Å². The Hall–Kier alpha value is -3.59. The molecule has 0 bridgehead atoms. The molecule has 9 heteroatoms. The minimum atomic E-state index is -1.64. The van der Waals surface area contributed by atoms with Gasteiger partial charge in [0.15, 0.2) is 11.0 Å². The van der Waals surface area contributed by atoms with Gasteiger partial charge in [0.1, 0.15) is 18.0 Å². The zero-order valence-electron chi connectivity index (χ0n) is 15.9. The van der Waals surface area contributed by atoms with Crippen LogP contribution in [0.3, 0.4) is 0 Å². The summed E-state index contributed by atoms with van der Waals surface area (Å²) in [5, 5.41) is 12.8. The molecule has 0 fully saturated rings. The monoisotopic (exact) mass is 424 g/mol. The van der Waals surface area contributed by atoms with Gasteiger partial charge in [0.25, 0.3) is 0 Å². The van der Waals surface area contributed by atoms with E-state index in [1.54, 1.807) is 47.4 Å². The highest BCUT2D eigenvalue weighted by atomic mass is 32.2. The molecule has 2 aromatic heterocycles. The van der Waals surface area contributed by atoms with Crippen molar-refractivity contribution in [1.29, 1.82) is 0 Å². The summed E-state index contributed by atoms with van der Waals surface area (Å²) in [4.78, 5) is 19.8. The Morgan fingerprint density at radius 1 is 1.20 bits per heavy atom. The van der Waals surface area contributed by atoms with Gasteiger partial charge in [-0.3, -0.25) is 8.77 Å². The van der Waals surface area contributed by atoms with Gasteiger partial charge >= 0.3 is 5.97 Å². The number of anilines is 2. The molecule has 0 saturated heterocycles. The second-order valence-corrected chi connectivity index (χ2v) is 7.92. The number of aromatic nitrogens is 3. The normalized spacial score (nSPS) is 12.1. The summed E-state index contributed by atoms with van der Waals surface area (Å²) in [6.45, 7) is 1.69. The molecule has 1 atom stereocenters. The third-order valence-electron chi connectivity index (χ3n) is 4.65. The van der Waals surface area contributed by atoms with E-state index in [9.17, 15) is 18.5 Å². The predicted octanol–water partition coefficient (Wildman–Crippen LogP) is 3.82. The van der Waals surface area contributed by atoms with Crippen molar-refractivity contribution in [2.45, 2.75) is 18.2 Å². The maximum absolute atomic E-state index is 13.8. The van der Waals surface area contributed by atoms with Crippen LogP contribution in [0.5, 0.6) is 0 Å². The van der Waals surface area contributed by atoms with E-state index in [4.69, 9.17) is 0 Å². The molecule has 4 rings (SSSR count). The van der Waals surface area contributed by atoms with E-state index in [2.05, 4.69) is 15.3 Å².